The Morgan fingerprint density at radius 1 is 0.906 bits per heavy atom. The van der Waals surface area contributed by atoms with Crippen molar-refractivity contribution in [2.24, 2.45) is 5.10 Å². The van der Waals surface area contributed by atoms with Gasteiger partial charge >= 0.3 is 5.97 Å². The summed E-state index contributed by atoms with van der Waals surface area (Å²) in [5.74, 6) is 0.274. The summed E-state index contributed by atoms with van der Waals surface area (Å²) in [6.07, 6.45) is 1.46. The number of rotatable bonds is 7. The highest BCUT2D eigenvalue weighted by molar-refractivity contribution is 6.36. The van der Waals surface area contributed by atoms with Gasteiger partial charge in [0.2, 0.25) is 0 Å². The molecular formula is C23H18Cl2N2O5. The molecule has 0 aliphatic heterocycles. The van der Waals surface area contributed by atoms with Gasteiger partial charge in [-0.3, -0.25) is 4.79 Å². The van der Waals surface area contributed by atoms with E-state index in [1.165, 1.54) is 32.6 Å². The van der Waals surface area contributed by atoms with Gasteiger partial charge < -0.3 is 14.2 Å². The first-order valence-electron chi connectivity index (χ1n) is 9.24. The third kappa shape index (κ3) is 5.78. The van der Waals surface area contributed by atoms with Crippen molar-refractivity contribution < 1.29 is 23.8 Å². The Labute approximate surface area is 194 Å². The molecule has 0 saturated carbocycles. The molecule has 0 fully saturated rings. The Hall–Kier alpha value is -3.55. The van der Waals surface area contributed by atoms with Crippen molar-refractivity contribution in [1.29, 1.82) is 0 Å². The zero-order chi connectivity index (χ0) is 23.1. The standard InChI is InChI=1S/C23H18Cl2N2O5/c1-30-20-10-5-15(11-21(20)31-2)22(28)27-26-13-14-3-7-17(8-4-14)32-23(29)18-9-6-16(24)12-19(18)25/h3-13H,1-2H3,(H,27,28)/b26-13-. The fraction of sp³-hybridized carbons (Fsp3) is 0.0870. The lowest BCUT2D eigenvalue weighted by atomic mass is 10.2. The number of methoxy groups -OCH3 is 2. The van der Waals surface area contributed by atoms with E-state index in [1.807, 2.05) is 0 Å². The van der Waals surface area contributed by atoms with Crippen LogP contribution in [0.5, 0.6) is 17.2 Å². The second-order valence-corrected chi connectivity index (χ2v) is 7.20. The summed E-state index contributed by atoms with van der Waals surface area (Å²) < 4.78 is 15.7. The normalized spacial score (nSPS) is 10.6. The quantitative estimate of drug-likeness (QED) is 0.226. The van der Waals surface area contributed by atoms with Crippen molar-refractivity contribution in [3.8, 4) is 17.2 Å². The zero-order valence-corrected chi connectivity index (χ0v) is 18.6. The lowest BCUT2D eigenvalue weighted by Gasteiger charge is -2.08. The minimum absolute atomic E-state index is 0.205. The molecule has 0 aliphatic rings. The molecule has 0 spiro atoms. The molecule has 0 aromatic heterocycles. The van der Waals surface area contributed by atoms with Crippen LogP contribution >= 0.6 is 23.2 Å². The molecule has 7 nitrogen and oxygen atoms in total. The van der Waals surface area contributed by atoms with E-state index in [2.05, 4.69) is 10.5 Å². The van der Waals surface area contributed by atoms with E-state index in [0.717, 1.165) is 0 Å². The molecule has 0 bridgehead atoms. The van der Waals surface area contributed by atoms with Gasteiger partial charge in [0.25, 0.3) is 5.91 Å². The molecule has 32 heavy (non-hydrogen) atoms. The summed E-state index contributed by atoms with van der Waals surface area (Å²) in [7, 11) is 3.00. The summed E-state index contributed by atoms with van der Waals surface area (Å²) in [5.41, 5.74) is 3.69. The average molecular weight is 473 g/mol. The van der Waals surface area contributed by atoms with Crippen LogP contribution in [-0.2, 0) is 0 Å². The van der Waals surface area contributed by atoms with Crippen molar-refractivity contribution in [3.63, 3.8) is 0 Å². The number of carbonyl (C=O) groups is 2. The molecule has 3 aromatic carbocycles. The van der Waals surface area contributed by atoms with Crippen molar-refractivity contribution in [3.05, 3.63) is 87.4 Å². The Kier molecular flexibility index (Phi) is 7.70. The van der Waals surface area contributed by atoms with E-state index in [0.29, 0.717) is 33.4 Å². The Balaban J connectivity index is 1.59. The fourth-order valence-corrected chi connectivity index (χ4v) is 3.13. The van der Waals surface area contributed by atoms with E-state index in [1.54, 1.807) is 48.5 Å². The van der Waals surface area contributed by atoms with Crippen LogP contribution < -0.4 is 19.6 Å². The molecule has 1 amide bonds. The number of hydrogen-bond donors (Lipinski definition) is 1. The van der Waals surface area contributed by atoms with E-state index < -0.39 is 11.9 Å². The molecule has 0 heterocycles. The number of benzene rings is 3. The van der Waals surface area contributed by atoms with Crippen molar-refractivity contribution in [2.45, 2.75) is 0 Å². The molecular weight excluding hydrogens is 455 g/mol. The van der Waals surface area contributed by atoms with E-state index in [-0.39, 0.29) is 10.6 Å². The number of halogens is 2. The Bertz CT molecular complexity index is 1160. The maximum Gasteiger partial charge on any atom is 0.345 e. The zero-order valence-electron chi connectivity index (χ0n) is 17.1. The number of hydrogen-bond acceptors (Lipinski definition) is 6. The van der Waals surface area contributed by atoms with Crippen LogP contribution in [0, 0.1) is 0 Å². The van der Waals surface area contributed by atoms with Crippen molar-refractivity contribution >= 4 is 41.3 Å². The summed E-state index contributed by atoms with van der Waals surface area (Å²) in [4.78, 5) is 24.5. The molecule has 3 aromatic rings. The number of amides is 1. The highest BCUT2D eigenvalue weighted by atomic mass is 35.5. The minimum atomic E-state index is -0.602. The van der Waals surface area contributed by atoms with Crippen LogP contribution in [0.1, 0.15) is 26.3 Å². The summed E-state index contributed by atoms with van der Waals surface area (Å²) in [6.45, 7) is 0. The highest BCUT2D eigenvalue weighted by Crippen LogP contribution is 2.27. The van der Waals surface area contributed by atoms with Gasteiger partial charge in [-0.15, -0.1) is 0 Å². The second-order valence-electron chi connectivity index (χ2n) is 6.35. The van der Waals surface area contributed by atoms with Crippen molar-refractivity contribution in [2.75, 3.05) is 14.2 Å². The van der Waals surface area contributed by atoms with Gasteiger partial charge in [0.05, 0.1) is 31.0 Å². The molecule has 164 valence electrons. The van der Waals surface area contributed by atoms with Crippen molar-refractivity contribution in [1.82, 2.24) is 5.43 Å². The first-order chi connectivity index (χ1) is 15.4. The van der Waals surface area contributed by atoms with Gasteiger partial charge in [-0.1, -0.05) is 23.2 Å². The molecule has 1 N–H and O–H groups in total. The van der Waals surface area contributed by atoms with Crippen LogP contribution in [0.15, 0.2) is 65.8 Å². The van der Waals surface area contributed by atoms with Gasteiger partial charge in [0, 0.05) is 10.6 Å². The Morgan fingerprint density at radius 2 is 1.62 bits per heavy atom. The Morgan fingerprint density at radius 3 is 2.28 bits per heavy atom. The fourth-order valence-electron chi connectivity index (χ4n) is 2.65. The lowest BCUT2D eigenvalue weighted by molar-refractivity contribution is 0.0734. The maximum absolute atomic E-state index is 12.3. The van der Waals surface area contributed by atoms with E-state index in [4.69, 9.17) is 37.4 Å². The number of esters is 1. The number of nitrogens with zero attached hydrogens (tertiary/aromatic N) is 1. The van der Waals surface area contributed by atoms with Gasteiger partial charge in [0.15, 0.2) is 11.5 Å². The summed E-state index contributed by atoms with van der Waals surface area (Å²) in [6, 6.07) is 15.9. The van der Waals surface area contributed by atoms with Crippen LogP contribution in [0.4, 0.5) is 0 Å². The third-order valence-electron chi connectivity index (χ3n) is 4.27. The smallest absolute Gasteiger partial charge is 0.345 e. The SMILES string of the molecule is COc1ccc(C(=O)N/N=C\c2ccc(OC(=O)c3ccc(Cl)cc3Cl)cc2)cc1OC. The lowest BCUT2D eigenvalue weighted by Crippen LogP contribution is -2.17. The van der Waals surface area contributed by atoms with Crippen LogP contribution in [0.25, 0.3) is 0 Å². The number of carbonyl (C=O) groups excluding carboxylic acids is 2. The predicted octanol–water partition coefficient (Wildman–Crippen LogP) is 4.99. The molecule has 0 aliphatic carbocycles. The van der Waals surface area contributed by atoms with Crippen LogP contribution in [-0.4, -0.2) is 32.3 Å². The largest absolute Gasteiger partial charge is 0.493 e. The predicted molar refractivity (Wildman–Crippen MR) is 122 cm³/mol. The van der Waals surface area contributed by atoms with E-state index >= 15 is 0 Å². The van der Waals surface area contributed by atoms with E-state index in [9.17, 15) is 9.59 Å². The summed E-state index contributed by atoms with van der Waals surface area (Å²) >= 11 is 11.9. The van der Waals surface area contributed by atoms with Gasteiger partial charge in [-0.2, -0.15) is 5.10 Å². The first-order valence-corrected chi connectivity index (χ1v) is 9.99. The average Bonchev–Trinajstić information content (AvgIpc) is 2.79. The first kappa shape index (κ1) is 23.1. The topological polar surface area (TPSA) is 86.2 Å². The second kappa shape index (κ2) is 10.7. The number of ether oxygens (including phenoxy) is 3. The molecule has 0 atom stereocenters. The monoisotopic (exact) mass is 472 g/mol. The number of hydrazone groups is 1. The van der Waals surface area contributed by atoms with Gasteiger partial charge in [-0.25, -0.2) is 10.2 Å². The molecule has 9 heteroatoms. The van der Waals surface area contributed by atoms with Crippen LogP contribution in [0.3, 0.4) is 0 Å². The summed E-state index contributed by atoms with van der Waals surface area (Å²) in [5, 5.41) is 4.57. The van der Waals surface area contributed by atoms with Gasteiger partial charge in [0.1, 0.15) is 5.75 Å². The van der Waals surface area contributed by atoms with Gasteiger partial charge in [-0.05, 0) is 66.2 Å². The molecule has 0 radical (unpaired) electrons. The highest BCUT2D eigenvalue weighted by Gasteiger charge is 2.13. The number of nitrogens with one attached hydrogen (secondary N) is 1. The third-order valence-corrected chi connectivity index (χ3v) is 4.81. The molecule has 0 unspecified atom stereocenters. The molecule has 3 rings (SSSR count). The van der Waals surface area contributed by atoms with Crippen LogP contribution in [0.2, 0.25) is 10.0 Å². The minimum Gasteiger partial charge on any atom is -0.493 e. The maximum atomic E-state index is 12.3. The molecule has 0 saturated heterocycles.